The summed E-state index contributed by atoms with van der Waals surface area (Å²) in [6.07, 6.45) is 2.47. The van der Waals surface area contributed by atoms with Crippen LogP contribution in [-0.2, 0) is 4.84 Å². The molecule has 0 radical (unpaired) electrons. The third-order valence-corrected chi connectivity index (χ3v) is 6.97. The molecule has 1 aromatic carbocycles. The van der Waals surface area contributed by atoms with Crippen molar-refractivity contribution < 1.29 is 9.94 Å². The molecule has 4 rings (SSSR count). The van der Waals surface area contributed by atoms with Gasteiger partial charge in [0.2, 0.25) is 0 Å². The summed E-state index contributed by atoms with van der Waals surface area (Å²) in [6, 6.07) is 5.09. The van der Waals surface area contributed by atoms with Gasteiger partial charge in [0.05, 0.1) is 21.3 Å². The molecule has 0 saturated carbocycles. The van der Waals surface area contributed by atoms with Crippen LogP contribution in [0.4, 0.5) is 0 Å². The zero-order chi connectivity index (χ0) is 19.9. The molecule has 3 heterocycles. The molecule has 1 unspecified atom stereocenters. The summed E-state index contributed by atoms with van der Waals surface area (Å²) >= 11 is 7.96. The molecule has 28 heavy (non-hydrogen) atoms. The van der Waals surface area contributed by atoms with E-state index < -0.39 is 0 Å². The maximum atomic E-state index is 10.1. The van der Waals surface area contributed by atoms with Crippen LogP contribution >= 0.6 is 22.9 Å². The zero-order valence-corrected chi connectivity index (χ0v) is 18.1. The topological polar surface area (TPSA) is 58.0 Å². The van der Waals surface area contributed by atoms with Crippen molar-refractivity contribution in [3.63, 3.8) is 0 Å². The Bertz CT molecular complexity index is 862. The number of piperidine rings is 1. The van der Waals surface area contributed by atoms with Crippen LogP contribution in [0.3, 0.4) is 0 Å². The predicted molar refractivity (Wildman–Crippen MR) is 114 cm³/mol. The molecule has 0 spiro atoms. The summed E-state index contributed by atoms with van der Waals surface area (Å²) in [7, 11) is 0. The van der Waals surface area contributed by atoms with E-state index in [1.54, 1.807) is 29.5 Å². The summed E-state index contributed by atoms with van der Waals surface area (Å²) in [5, 5.41) is 18.1. The quantitative estimate of drug-likeness (QED) is 0.728. The highest BCUT2D eigenvalue weighted by Crippen LogP contribution is 2.39. The van der Waals surface area contributed by atoms with Crippen LogP contribution in [0, 0.1) is 0 Å². The number of rotatable bonds is 3. The molecule has 7 heteroatoms. The molecule has 2 aliphatic heterocycles. The number of hydrogen-bond donors (Lipinski definition) is 1. The van der Waals surface area contributed by atoms with Crippen molar-refractivity contribution in [2.24, 2.45) is 5.16 Å². The fraction of sp³-hybridized carbons (Fsp3) is 0.524. The van der Waals surface area contributed by atoms with Gasteiger partial charge in [0.25, 0.3) is 0 Å². The smallest absolute Gasteiger partial charge is 0.163 e. The molecule has 0 amide bonds. The van der Waals surface area contributed by atoms with E-state index in [1.807, 2.05) is 0 Å². The van der Waals surface area contributed by atoms with Crippen LogP contribution in [0.25, 0.3) is 0 Å². The number of oxime groups is 1. The highest BCUT2D eigenvalue weighted by Gasteiger charge is 2.31. The van der Waals surface area contributed by atoms with E-state index >= 15 is 0 Å². The summed E-state index contributed by atoms with van der Waals surface area (Å²) in [5.74, 6) is 0.655. The van der Waals surface area contributed by atoms with Crippen molar-refractivity contribution in [1.82, 2.24) is 9.88 Å². The number of aromatic nitrogens is 1. The monoisotopic (exact) mass is 419 g/mol. The largest absolute Gasteiger partial charge is 0.507 e. The average molecular weight is 420 g/mol. The molecule has 1 N–H and O–H groups in total. The minimum absolute atomic E-state index is 0.138. The third-order valence-electron chi connectivity index (χ3n) is 5.63. The molecule has 2 aromatic rings. The summed E-state index contributed by atoms with van der Waals surface area (Å²) in [5.41, 5.74) is 2.52. The lowest BCUT2D eigenvalue weighted by atomic mass is 9.93. The van der Waals surface area contributed by atoms with Crippen LogP contribution in [-0.4, -0.2) is 39.3 Å². The Morgan fingerprint density at radius 1 is 1.25 bits per heavy atom. The number of phenolic OH excluding ortho intramolecular Hbond substituents is 1. The number of likely N-dealkylation sites (tertiary alicyclic amines) is 1. The van der Waals surface area contributed by atoms with E-state index in [9.17, 15) is 5.11 Å². The lowest BCUT2D eigenvalue weighted by molar-refractivity contribution is 0.0839. The molecule has 1 fully saturated rings. The number of thiazole rings is 1. The Kier molecular flexibility index (Phi) is 5.38. The van der Waals surface area contributed by atoms with Gasteiger partial charge in [-0.3, -0.25) is 4.90 Å². The normalized spacial score (nSPS) is 21.6. The van der Waals surface area contributed by atoms with Crippen molar-refractivity contribution in [3.8, 4) is 5.75 Å². The first-order valence-corrected chi connectivity index (χ1v) is 11.0. The maximum absolute atomic E-state index is 10.1. The van der Waals surface area contributed by atoms with Crippen LogP contribution in [0.15, 0.2) is 28.7 Å². The van der Waals surface area contributed by atoms with E-state index in [2.05, 4.69) is 36.2 Å². The minimum Gasteiger partial charge on any atom is -0.507 e. The Balaban J connectivity index is 1.42. The van der Waals surface area contributed by atoms with Crippen molar-refractivity contribution in [2.75, 3.05) is 13.1 Å². The number of phenols is 1. The molecule has 0 aliphatic carbocycles. The molecular weight excluding hydrogens is 394 g/mol. The van der Waals surface area contributed by atoms with Crippen molar-refractivity contribution in [1.29, 1.82) is 0 Å². The summed E-state index contributed by atoms with van der Waals surface area (Å²) < 4.78 is 0. The lowest BCUT2D eigenvalue weighted by Crippen LogP contribution is -2.45. The molecule has 5 nitrogen and oxygen atoms in total. The van der Waals surface area contributed by atoms with Gasteiger partial charge in [0, 0.05) is 23.3 Å². The number of benzene rings is 1. The highest BCUT2D eigenvalue weighted by atomic mass is 35.5. The Morgan fingerprint density at radius 3 is 2.68 bits per heavy atom. The second kappa shape index (κ2) is 7.65. The van der Waals surface area contributed by atoms with Gasteiger partial charge >= 0.3 is 0 Å². The van der Waals surface area contributed by atoms with Gasteiger partial charge < -0.3 is 9.94 Å². The molecule has 1 atom stereocenters. The van der Waals surface area contributed by atoms with E-state index in [4.69, 9.17) is 21.4 Å². The van der Waals surface area contributed by atoms with E-state index in [-0.39, 0.29) is 17.4 Å². The van der Waals surface area contributed by atoms with Gasteiger partial charge in [0.1, 0.15) is 11.5 Å². The standard InChI is InChI=1S/C21H26ClN3O2S/c1-21(2,3)25-9-7-13(8-10-25)20-23-16(12-28-20)15-11-18(27-24-15)19-14(22)5-4-6-17(19)26/h4-6,12-13,18,26H,7-11H2,1-3H3. The van der Waals surface area contributed by atoms with Gasteiger partial charge in [0.15, 0.2) is 6.10 Å². The fourth-order valence-corrected chi connectivity index (χ4v) is 5.22. The summed E-state index contributed by atoms with van der Waals surface area (Å²) in [6.45, 7) is 9.06. The Labute approximate surface area is 175 Å². The van der Waals surface area contributed by atoms with Crippen molar-refractivity contribution in [2.45, 2.75) is 57.6 Å². The first-order valence-electron chi connectivity index (χ1n) is 9.74. The van der Waals surface area contributed by atoms with Gasteiger partial charge in [-0.1, -0.05) is 22.8 Å². The molecular formula is C21H26ClN3O2S. The minimum atomic E-state index is -0.371. The first kappa shape index (κ1) is 19.7. The first-order chi connectivity index (χ1) is 13.3. The number of halogens is 1. The SMILES string of the molecule is CC(C)(C)N1CCC(c2nc(C3=NOC(c4c(O)cccc4Cl)C3)cs2)CC1. The van der Waals surface area contributed by atoms with Crippen LogP contribution in [0.2, 0.25) is 5.02 Å². The number of hydrogen-bond acceptors (Lipinski definition) is 6. The van der Waals surface area contributed by atoms with E-state index in [0.717, 1.165) is 37.3 Å². The van der Waals surface area contributed by atoms with Gasteiger partial charge in [-0.05, 0) is 58.8 Å². The van der Waals surface area contributed by atoms with Gasteiger partial charge in [-0.2, -0.15) is 0 Å². The number of nitrogens with zero attached hydrogens (tertiary/aromatic N) is 3. The Hall–Kier alpha value is -1.63. The average Bonchev–Trinajstić information content (AvgIpc) is 3.30. The second-order valence-electron chi connectivity index (χ2n) is 8.51. The fourth-order valence-electron chi connectivity index (χ4n) is 3.93. The van der Waals surface area contributed by atoms with Crippen LogP contribution in [0.1, 0.15) is 68.3 Å². The summed E-state index contributed by atoms with van der Waals surface area (Å²) in [4.78, 5) is 13.0. The van der Waals surface area contributed by atoms with Crippen molar-refractivity contribution in [3.05, 3.63) is 44.9 Å². The second-order valence-corrected chi connectivity index (χ2v) is 9.81. The van der Waals surface area contributed by atoms with Crippen molar-refractivity contribution >= 4 is 28.6 Å². The van der Waals surface area contributed by atoms with Crippen LogP contribution in [0.5, 0.6) is 5.75 Å². The maximum Gasteiger partial charge on any atom is 0.163 e. The third kappa shape index (κ3) is 3.91. The van der Waals surface area contributed by atoms with Crippen LogP contribution < -0.4 is 0 Å². The molecule has 1 saturated heterocycles. The highest BCUT2D eigenvalue weighted by molar-refractivity contribution is 7.10. The molecule has 1 aromatic heterocycles. The Morgan fingerprint density at radius 2 is 2.00 bits per heavy atom. The predicted octanol–water partition coefficient (Wildman–Crippen LogP) is 5.35. The van der Waals surface area contributed by atoms with Gasteiger partial charge in [-0.25, -0.2) is 4.98 Å². The number of aromatic hydroxyl groups is 1. The molecule has 150 valence electrons. The zero-order valence-electron chi connectivity index (χ0n) is 16.5. The van der Waals surface area contributed by atoms with E-state index in [1.165, 1.54) is 5.01 Å². The molecule has 2 aliphatic rings. The van der Waals surface area contributed by atoms with E-state index in [0.29, 0.717) is 22.9 Å². The lowest BCUT2D eigenvalue weighted by Gasteiger charge is -2.40. The van der Waals surface area contributed by atoms with Gasteiger partial charge in [-0.15, -0.1) is 11.3 Å². The molecule has 0 bridgehead atoms.